The molecule has 0 spiro atoms. The summed E-state index contributed by atoms with van der Waals surface area (Å²) in [6.45, 7) is 5.31. The molecule has 0 fully saturated rings. The minimum atomic E-state index is -1.14. The topological polar surface area (TPSA) is 63.6 Å². The van der Waals surface area contributed by atoms with Crippen molar-refractivity contribution >= 4 is 11.8 Å². The smallest absolute Gasteiger partial charge is 0.330 e. The second-order valence-corrected chi connectivity index (χ2v) is 4.97. The lowest BCUT2D eigenvalue weighted by atomic mass is 9.75. The van der Waals surface area contributed by atoms with Crippen molar-refractivity contribution in [1.29, 1.82) is 0 Å². The van der Waals surface area contributed by atoms with E-state index in [4.69, 9.17) is 0 Å². The molecule has 104 valence electrons. The van der Waals surface area contributed by atoms with Gasteiger partial charge < -0.3 is 9.84 Å². The highest BCUT2D eigenvalue weighted by Crippen LogP contribution is 2.34. The molecule has 4 heteroatoms. The van der Waals surface area contributed by atoms with Gasteiger partial charge in [-0.3, -0.25) is 4.79 Å². The first-order valence-corrected chi connectivity index (χ1v) is 6.19. The van der Waals surface area contributed by atoms with Gasteiger partial charge in [-0.2, -0.15) is 0 Å². The third kappa shape index (κ3) is 3.64. The van der Waals surface area contributed by atoms with Gasteiger partial charge in [0.1, 0.15) is 5.60 Å². The Kier molecular flexibility index (Phi) is 4.84. The summed E-state index contributed by atoms with van der Waals surface area (Å²) in [7, 11) is 1.31. The maximum atomic E-state index is 11.4. The molecule has 1 unspecified atom stereocenters. The predicted octanol–water partition coefficient (Wildman–Crippen LogP) is 1.95. The molecule has 0 aromatic heterocycles. The van der Waals surface area contributed by atoms with Crippen molar-refractivity contribution < 1.29 is 19.4 Å². The lowest BCUT2D eigenvalue weighted by molar-refractivity contribution is -0.134. The second-order valence-electron chi connectivity index (χ2n) is 4.97. The van der Waals surface area contributed by atoms with Crippen molar-refractivity contribution in [2.24, 2.45) is 5.92 Å². The van der Waals surface area contributed by atoms with Crippen LogP contribution in [0.1, 0.15) is 27.2 Å². The summed E-state index contributed by atoms with van der Waals surface area (Å²) in [6.07, 6.45) is 6.43. The Labute approximate surface area is 113 Å². The lowest BCUT2D eigenvalue weighted by Gasteiger charge is -2.35. The van der Waals surface area contributed by atoms with Gasteiger partial charge in [-0.1, -0.05) is 13.0 Å². The summed E-state index contributed by atoms with van der Waals surface area (Å²) >= 11 is 0. The molecule has 2 atom stereocenters. The third-order valence-electron chi connectivity index (χ3n) is 3.41. The first-order chi connectivity index (χ1) is 8.79. The van der Waals surface area contributed by atoms with Crippen LogP contribution in [0.15, 0.2) is 35.5 Å². The van der Waals surface area contributed by atoms with E-state index in [0.29, 0.717) is 17.6 Å². The highest BCUT2D eigenvalue weighted by molar-refractivity contribution is 5.92. The summed E-state index contributed by atoms with van der Waals surface area (Å²) in [4.78, 5) is 22.5. The monoisotopic (exact) mass is 264 g/mol. The molecule has 4 nitrogen and oxygen atoms in total. The summed E-state index contributed by atoms with van der Waals surface area (Å²) in [5.74, 6) is -0.592. The summed E-state index contributed by atoms with van der Waals surface area (Å²) in [5, 5.41) is 10.6. The van der Waals surface area contributed by atoms with Crippen molar-refractivity contribution in [3.63, 3.8) is 0 Å². The minimum absolute atomic E-state index is 0.0323. The zero-order valence-corrected chi connectivity index (χ0v) is 11.8. The van der Waals surface area contributed by atoms with Crippen molar-refractivity contribution in [2.75, 3.05) is 7.11 Å². The Bertz CT molecular complexity index is 471. The predicted molar refractivity (Wildman–Crippen MR) is 72.4 cm³/mol. The number of methoxy groups -OCH3 is 1. The van der Waals surface area contributed by atoms with Gasteiger partial charge in [-0.15, -0.1) is 0 Å². The van der Waals surface area contributed by atoms with Gasteiger partial charge in [0.2, 0.25) is 0 Å². The zero-order chi connectivity index (χ0) is 14.6. The van der Waals surface area contributed by atoms with Crippen LogP contribution >= 0.6 is 0 Å². The number of carbonyl (C=O) groups excluding carboxylic acids is 2. The molecule has 1 rings (SSSR count). The van der Waals surface area contributed by atoms with Crippen LogP contribution in [0.25, 0.3) is 0 Å². The van der Waals surface area contributed by atoms with E-state index >= 15 is 0 Å². The molecular formula is C15H20O4. The standard InChI is InChI=1S/C15H20O4/c1-10(7-14(17)19-4)5-6-15(18)11(2)8-13(16)9-12(15)3/h5-8,12,18H,9H2,1-4H3/b6-5+,10-7-/t12?,15-/m1/s1. The number of hydrogen-bond donors (Lipinski definition) is 1. The number of ether oxygens (including phenoxy) is 1. The maximum absolute atomic E-state index is 11.4. The molecule has 0 amide bonds. The average Bonchev–Trinajstić information content (AvgIpc) is 2.33. The van der Waals surface area contributed by atoms with Crippen LogP contribution in [0, 0.1) is 5.92 Å². The number of carbonyl (C=O) groups is 2. The maximum Gasteiger partial charge on any atom is 0.330 e. The first kappa shape index (κ1) is 15.4. The number of aliphatic hydroxyl groups is 1. The number of esters is 1. The third-order valence-corrected chi connectivity index (χ3v) is 3.41. The van der Waals surface area contributed by atoms with Crippen LogP contribution in [0.4, 0.5) is 0 Å². The number of rotatable bonds is 3. The molecule has 0 aromatic carbocycles. The van der Waals surface area contributed by atoms with Crippen LogP contribution in [0.2, 0.25) is 0 Å². The van der Waals surface area contributed by atoms with E-state index in [2.05, 4.69) is 4.74 Å². The Morgan fingerprint density at radius 1 is 1.58 bits per heavy atom. The minimum Gasteiger partial charge on any atom is -0.466 e. The van der Waals surface area contributed by atoms with E-state index in [1.807, 2.05) is 6.92 Å². The summed E-state index contributed by atoms with van der Waals surface area (Å²) in [5.41, 5.74) is 0.162. The molecule has 0 aromatic rings. The van der Waals surface area contributed by atoms with E-state index in [1.165, 1.54) is 19.3 Å². The second kappa shape index (κ2) is 5.97. The molecule has 0 saturated heterocycles. The van der Waals surface area contributed by atoms with Gasteiger partial charge in [-0.25, -0.2) is 4.79 Å². The molecule has 0 heterocycles. The van der Waals surface area contributed by atoms with Crippen LogP contribution in [-0.2, 0) is 14.3 Å². The fourth-order valence-corrected chi connectivity index (χ4v) is 2.11. The molecule has 0 radical (unpaired) electrons. The fourth-order valence-electron chi connectivity index (χ4n) is 2.11. The summed E-state index contributed by atoms with van der Waals surface area (Å²) < 4.78 is 4.53. The van der Waals surface area contributed by atoms with Gasteiger partial charge in [-0.05, 0) is 43.1 Å². The number of hydrogen-bond acceptors (Lipinski definition) is 4. The Hall–Kier alpha value is -1.68. The van der Waals surface area contributed by atoms with Gasteiger partial charge >= 0.3 is 5.97 Å². The van der Waals surface area contributed by atoms with E-state index in [9.17, 15) is 14.7 Å². The fraction of sp³-hybridized carbons (Fsp3) is 0.467. The van der Waals surface area contributed by atoms with Crippen LogP contribution in [0.5, 0.6) is 0 Å². The largest absolute Gasteiger partial charge is 0.466 e. The quantitative estimate of drug-likeness (QED) is 0.481. The molecule has 0 saturated carbocycles. The normalized spacial score (nSPS) is 28.5. The Morgan fingerprint density at radius 2 is 2.21 bits per heavy atom. The lowest BCUT2D eigenvalue weighted by Crippen LogP contribution is -2.40. The average molecular weight is 264 g/mol. The van der Waals surface area contributed by atoms with Gasteiger partial charge in [0.25, 0.3) is 0 Å². The van der Waals surface area contributed by atoms with Gasteiger partial charge in [0.05, 0.1) is 7.11 Å². The molecule has 19 heavy (non-hydrogen) atoms. The van der Waals surface area contributed by atoms with Crippen LogP contribution < -0.4 is 0 Å². The summed E-state index contributed by atoms with van der Waals surface area (Å²) in [6, 6.07) is 0. The first-order valence-electron chi connectivity index (χ1n) is 6.19. The molecule has 1 aliphatic rings. The SMILES string of the molecule is COC(=O)/C=C(C)\C=C\[C@@]1(O)C(C)=CC(=O)CC1C. The van der Waals surface area contributed by atoms with Crippen molar-refractivity contribution in [3.05, 3.63) is 35.5 Å². The van der Waals surface area contributed by atoms with E-state index < -0.39 is 11.6 Å². The highest BCUT2D eigenvalue weighted by atomic mass is 16.5. The van der Waals surface area contributed by atoms with Crippen molar-refractivity contribution in [2.45, 2.75) is 32.8 Å². The van der Waals surface area contributed by atoms with Gasteiger partial charge in [0.15, 0.2) is 5.78 Å². The van der Waals surface area contributed by atoms with E-state index in [1.54, 1.807) is 26.0 Å². The number of ketones is 1. The molecule has 0 aliphatic heterocycles. The molecule has 1 N–H and O–H groups in total. The van der Waals surface area contributed by atoms with E-state index in [-0.39, 0.29) is 11.7 Å². The highest BCUT2D eigenvalue weighted by Gasteiger charge is 2.37. The molecule has 0 bridgehead atoms. The van der Waals surface area contributed by atoms with Gasteiger partial charge in [0, 0.05) is 12.5 Å². The van der Waals surface area contributed by atoms with Crippen molar-refractivity contribution in [3.8, 4) is 0 Å². The van der Waals surface area contributed by atoms with Crippen LogP contribution in [-0.4, -0.2) is 29.6 Å². The van der Waals surface area contributed by atoms with Crippen LogP contribution in [0.3, 0.4) is 0 Å². The Morgan fingerprint density at radius 3 is 2.74 bits per heavy atom. The zero-order valence-electron chi connectivity index (χ0n) is 11.8. The Balaban J connectivity index is 2.96. The molecular weight excluding hydrogens is 244 g/mol. The van der Waals surface area contributed by atoms with E-state index in [0.717, 1.165) is 0 Å². The molecule has 1 aliphatic carbocycles. The van der Waals surface area contributed by atoms with Crippen molar-refractivity contribution in [1.82, 2.24) is 0 Å². The number of allylic oxidation sites excluding steroid dienone is 3.